The van der Waals surface area contributed by atoms with Gasteiger partial charge in [0.25, 0.3) is 5.91 Å². The lowest BCUT2D eigenvalue weighted by Gasteiger charge is -2.14. The highest BCUT2D eigenvalue weighted by Gasteiger charge is 2.31. The Morgan fingerprint density at radius 3 is 2.57 bits per heavy atom. The third kappa shape index (κ3) is 5.53. The Morgan fingerprint density at radius 1 is 1.14 bits per heavy atom. The molecule has 3 rings (SSSR count). The number of hydrogen-bond acceptors (Lipinski definition) is 4. The van der Waals surface area contributed by atoms with Gasteiger partial charge in [0.15, 0.2) is 0 Å². The van der Waals surface area contributed by atoms with E-state index in [0.29, 0.717) is 22.3 Å². The number of thiocarbonyl (C=S) groups is 1. The zero-order valence-electron chi connectivity index (χ0n) is 15.7. The van der Waals surface area contributed by atoms with E-state index in [0.717, 1.165) is 12.0 Å². The predicted octanol–water partition coefficient (Wildman–Crippen LogP) is 3.95. The summed E-state index contributed by atoms with van der Waals surface area (Å²) in [7, 11) is 0. The minimum atomic E-state index is -0.132. The van der Waals surface area contributed by atoms with Crippen molar-refractivity contribution in [3.8, 4) is 0 Å². The van der Waals surface area contributed by atoms with Gasteiger partial charge in [-0.1, -0.05) is 84.1 Å². The molecule has 0 bridgehead atoms. The molecule has 0 radical (unpaired) electrons. The number of nitrogens with zero attached hydrogens (tertiary/aromatic N) is 1. The summed E-state index contributed by atoms with van der Waals surface area (Å²) >= 11 is 6.62. The van der Waals surface area contributed by atoms with E-state index >= 15 is 0 Å². The molecule has 144 valence electrons. The maximum atomic E-state index is 12.6. The molecule has 0 aromatic heterocycles. The Morgan fingerprint density at radius 2 is 1.86 bits per heavy atom. The largest absolute Gasteiger partial charge is 0.356 e. The molecular weight excluding hydrogens is 388 g/mol. The summed E-state index contributed by atoms with van der Waals surface area (Å²) in [6, 6.07) is 18.0. The third-order valence-electron chi connectivity index (χ3n) is 4.39. The Labute approximate surface area is 175 Å². The molecule has 1 saturated heterocycles. The van der Waals surface area contributed by atoms with Gasteiger partial charge in [-0.15, -0.1) is 0 Å². The standard InChI is InChI=1S/C22H22N2O2S2/c1-16-7-9-18(10-8-16)15-19-21(26)24(22(27)28-19)14-12-20(25)23-13-11-17-5-3-2-4-6-17/h2-10,15H,11-14H2,1H3,(H,23,25)/b19-15-. The van der Waals surface area contributed by atoms with Crippen LogP contribution in [0.5, 0.6) is 0 Å². The molecule has 4 nitrogen and oxygen atoms in total. The molecule has 2 aromatic rings. The van der Waals surface area contributed by atoms with Crippen molar-refractivity contribution in [1.29, 1.82) is 0 Å². The molecule has 1 aliphatic heterocycles. The number of thioether (sulfide) groups is 1. The van der Waals surface area contributed by atoms with E-state index < -0.39 is 0 Å². The fourth-order valence-corrected chi connectivity index (χ4v) is 4.11. The van der Waals surface area contributed by atoms with Gasteiger partial charge >= 0.3 is 0 Å². The first-order valence-electron chi connectivity index (χ1n) is 9.15. The summed E-state index contributed by atoms with van der Waals surface area (Å²) in [4.78, 5) is 26.8. The average Bonchev–Trinajstić information content (AvgIpc) is 2.96. The summed E-state index contributed by atoms with van der Waals surface area (Å²) in [5.74, 6) is -0.208. The van der Waals surface area contributed by atoms with Crippen LogP contribution in [-0.4, -0.2) is 34.1 Å². The molecule has 0 unspecified atom stereocenters. The van der Waals surface area contributed by atoms with Crippen molar-refractivity contribution in [1.82, 2.24) is 10.2 Å². The van der Waals surface area contributed by atoms with Crippen LogP contribution in [0, 0.1) is 6.92 Å². The second kappa shape index (κ2) is 9.66. The highest BCUT2D eigenvalue weighted by atomic mass is 32.2. The summed E-state index contributed by atoms with van der Waals surface area (Å²) in [5.41, 5.74) is 3.31. The van der Waals surface area contributed by atoms with Crippen molar-refractivity contribution in [2.75, 3.05) is 13.1 Å². The zero-order valence-corrected chi connectivity index (χ0v) is 17.3. The van der Waals surface area contributed by atoms with Crippen molar-refractivity contribution >= 4 is 46.2 Å². The molecule has 0 atom stereocenters. The first-order valence-corrected chi connectivity index (χ1v) is 10.4. The van der Waals surface area contributed by atoms with Crippen molar-refractivity contribution in [2.45, 2.75) is 19.8 Å². The SMILES string of the molecule is Cc1ccc(/C=C2\SC(=S)N(CCC(=O)NCCc3ccccc3)C2=O)cc1. The highest BCUT2D eigenvalue weighted by molar-refractivity contribution is 8.26. The summed E-state index contributed by atoms with van der Waals surface area (Å²) < 4.78 is 0.500. The van der Waals surface area contributed by atoms with Gasteiger partial charge < -0.3 is 5.32 Å². The van der Waals surface area contributed by atoms with E-state index in [2.05, 4.69) is 5.32 Å². The first kappa shape index (κ1) is 20.3. The Kier molecular flexibility index (Phi) is 7.01. The van der Waals surface area contributed by atoms with Crippen LogP contribution in [0.1, 0.15) is 23.1 Å². The molecule has 0 saturated carbocycles. The maximum Gasteiger partial charge on any atom is 0.266 e. The number of hydrogen-bond donors (Lipinski definition) is 1. The topological polar surface area (TPSA) is 49.4 Å². The van der Waals surface area contributed by atoms with Gasteiger partial charge in [0.1, 0.15) is 4.32 Å². The number of carbonyl (C=O) groups excluding carboxylic acids is 2. The van der Waals surface area contributed by atoms with E-state index in [1.807, 2.05) is 67.6 Å². The molecular formula is C22H22N2O2S2. The van der Waals surface area contributed by atoms with Crippen molar-refractivity contribution < 1.29 is 9.59 Å². The molecule has 1 heterocycles. The zero-order chi connectivity index (χ0) is 19.9. The van der Waals surface area contributed by atoms with Gasteiger partial charge in [0, 0.05) is 19.5 Å². The van der Waals surface area contributed by atoms with Crippen LogP contribution in [0.4, 0.5) is 0 Å². The molecule has 2 aromatic carbocycles. The molecule has 0 spiro atoms. The summed E-state index contributed by atoms with van der Waals surface area (Å²) in [5, 5.41) is 2.90. The van der Waals surface area contributed by atoms with Crippen LogP contribution in [0.2, 0.25) is 0 Å². The fourth-order valence-electron chi connectivity index (χ4n) is 2.80. The maximum absolute atomic E-state index is 12.6. The lowest BCUT2D eigenvalue weighted by atomic mass is 10.1. The van der Waals surface area contributed by atoms with Gasteiger partial charge in [-0.3, -0.25) is 14.5 Å². The Balaban J connectivity index is 1.48. The van der Waals surface area contributed by atoms with Crippen LogP contribution in [0.25, 0.3) is 6.08 Å². The van der Waals surface area contributed by atoms with Crippen molar-refractivity contribution in [3.63, 3.8) is 0 Å². The van der Waals surface area contributed by atoms with Gasteiger partial charge in [-0.05, 0) is 30.5 Å². The molecule has 2 amide bonds. The Bertz CT molecular complexity index is 893. The third-order valence-corrected chi connectivity index (χ3v) is 5.77. The van der Waals surface area contributed by atoms with Gasteiger partial charge in [-0.25, -0.2) is 0 Å². The highest BCUT2D eigenvalue weighted by Crippen LogP contribution is 2.32. The van der Waals surface area contributed by atoms with E-state index in [-0.39, 0.29) is 18.2 Å². The quantitative estimate of drug-likeness (QED) is 0.555. The van der Waals surface area contributed by atoms with E-state index in [1.54, 1.807) is 0 Å². The number of benzene rings is 2. The normalized spacial score (nSPS) is 15.3. The van der Waals surface area contributed by atoms with Crippen LogP contribution in [-0.2, 0) is 16.0 Å². The monoisotopic (exact) mass is 410 g/mol. The second-order valence-electron chi connectivity index (χ2n) is 6.58. The van der Waals surface area contributed by atoms with Gasteiger partial charge in [0.2, 0.25) is 5.91 Å². The second-order valence-corrected chi connectivity index (χ2v) is 8.26. The number of amides is 2. The van der Waals surface area contributed by atoms with Crippen LogP contribution in [0.15, 0.2) is 59.5 Å². The minimum absolute atomic E-state index is 0.0764. The van der Waals surface area contributed by atoms with Crippen LogP contribution in [0.3, 0.4) is 0 Å². The number of nitrogens with one attached hydrogen (secondary N) is 1. The number of carbonyl (C=O) groups is 2. The van der Waals surface area contributed by atoms with Gasteiger partial charge in [0.05, 0.1) is 4.91 Å². The molecule has 1 aliphatic rings. The summed E-state index contributed by atoms with van der Waals surface area (Å²) in [6.45, 7) is 2.90. The number of aryl methyl sites for hydroxylation is 1. The first-order chi connectivity index (χ1) is 13.5. The molecule has 28 heavy (non-hydrogen) atoms. The van der Waals surface area contributed by atoms with Crippen LogP contribution < -0.4 is 5.32 Å². The molecule has 6 heteroatoms. The Hall–Kier alpha value is -2.44. The smallest absolute Gasteiger partial charge is 0.266 e. The fraction of sp³-hybridized carbons (Fsp3) is 0.227. The lowest BCUT2D eigenvalue weighted by Crippen LogP contribution is -2.34. The van der Waals surface area contributed by atoms with E-state index in [9.17, 15) is 9.59 Å². The van der Waals surface area contributed by atoms with Crippen molar-refractivity contribution in [3.05, 3.63) is 76.2 Å². The van der Waals surface area contributed by atoms with E-state index in [4.69, 9.17) is 12.2 Å². The summed E-state index contributed by atoms with van der Waals surface area (Å²) in [6.07, 6.45) is 2.87. The minimum Gasteiger partial charge on any atom is -0.356 e. The van der Waals surface area contributed by atoms with E-state index in [1.165, 1.54) is 27.8 Å². The molecule has 0 aliphatic carbocycles. The molecule has 1 N–H and O–H groups in total. The van der Waals surface area contributed by atoms with Crippen LogP contribution >= 0.6 is 24.0 Å². The predicted molar refractivity (Wildman–Crippen MR) is 119 cm³/mol. The van der Waals surface area contributed by atoms with Gasteiger partial charge in [-0.2, -0.15) is 0 Å². The molecule has 1 fully saturated rings. The lowest BCUT2D eigenvalue weighted by molar-refractivity contribution is -0.123. The number of rotatable bonds is 7. The average molecular weight is 411 g/mol. The van der Waals surface area contributed by atoms with Crippen molar-refractivity contribution in [2.24, 2.45) is 0 Å².